The summed E-state index contributed by atoms with van der Waals surface area (Å²) in [7, 11) is 0. The second kappa shape index (κ2) is 5.36. The van der Waals surface area contributed by atoms with Crippen molar-refractivity contribution >= 4 is 11.9 Å². The van der Waals surface area contributed by atoms with Crippen molar-refractivity contribution in [2.75, 3.05) is 18.0 Å². The lowest BCUT2D eigenvalue weighted by atomic mass is 10.1. The first-order valence-electron chi connectivity index (χ1n) is 7.60. The number of carbonyl (C=O) groups excluding carboxylic acids is 1. The van der Waals surface area contributed by atoms with Gasteiger partial charge in [0, 0.05) is 31.7 Å². The van der Waals surface area contributed by atoms with Crippen molar-refractivity contribution in [3.63, 3.8) is 0 Å². The van der Waals surface area contributed by atoms with Crippen molar-refractivity contribution in [1.29, 1.82) is 0 Å². The molecule has 0 aliphatic carbocycles. The highest BCUT2D eigenvalue weighted by Crippen LogP contribution is 2.34. The quantitative estimate of drug-likeness (QED) is 0.837. The van der Waals surface area contributed by atoms with Crippen molar-refractivity contribution in [3.8, 4) is 0 Å². The summed E-state index contributed by atoms with van der Waals surface area (Å²) in [5, 5.41) is 0. The van der Waals surface area contributed by atoms with Gasteiger partial charge in [-0.25, -0.2) is 9.97 Å². The lowest BCUT2D eigenvalue weighted by molar-refractivity contribution is 0.0731. The molecule has 22 heavy (non-hydrogen) atoms. The van der Waals surface area contributed by atoms with E-state index >= 15 is 0 Å². The summed E-state index contributed by atoms with van der Waals surface area (Å²) in [6, 6.07) is 7.83. The van der Waals surface area contributed by atoms with Gasteiger partial charge in [-0.2, -0.15) is 0 Å². The smallest absolute Gasteiger partial charge is 0.272 e. The Morgan fingerprint density at radius 3 is 2.50 bits per heavy atom. The Labute approximate surface area is 128 Å². The average Bonchev–Trinajstić information content (AvgIpc) is 3.17. The minimum atomic E-state index is 0.0314. The predicted molar refractivity (Wildman–Crippen MR) is 81.5 cm³/mol. The molecule has 0 unspecified atom stereocenters. The minimum absolute atomic E-state index is 0.0314. The lowest BCUT2D eigenvalue weighted by Crippen LogP contribution is -2.40. The monoisotopic (exact) mass is 295 g/mol. The first-order chi connectivity index (χ1) is 10.8. The Balaban J connectivity index is 1.55. The van der Waals surface area contributed by atoms with Gasteiger partial charge in [-0.15, -0.1) is 0 Å². The highest BCUT2D eigenvalue weighted by molar-refractivity contribution is 5.92. The first-order valence-corrected chi connectivity index (χ1v) is 7.60. The zero-order chi connectivity index (χ0) is 14.9. The highest BCUT2D eigenvalue weighted by atomic mass is 16.2. The van der Waals surface area contributed by atoms with Crippen molar-refractivity contribution in [3.05, 3.63) is 48.5 Å². The second-order valence-electron chi connectivity index (χ2n) is 5.67. The number of amides is 1. The second-order valence-corrected chi connectivity index (χ2v) is 5.67. The molecule has 4 heterocycles. The largest absolute Gasteiger partial charge is 0.336 e. The minimum Gasteiger partial charge on any atom is -0.336 e. The van der Waals surface area contributed by atoms with Crippen LogP contribution >= 0.6 is 0 Å². The molecule has 2 aromatic rings. The van der Waals surface area contributed by atoms with E-state index in [0.717, 1.165) is 31.9 Å². The topological polar surface area (TPSA) is 62.2 Å². The van der Waals surface area contributed by atoms with Gasteiger partial charge in [0.1, 0.15) is 5.69 Å². The van der Waals surface area contributed by atoms with E-state index in [9.17, 15) is 4.79 Å². The van der Waals surface area contributed by atoms with Gasteiger partial charge >= 0.3 is 0 Å². The van der Waals surface area contributed by atoms with E-state index in [1.807, 2.05) is 23.1 Å². The predicted octanol–water partition coefficient (Wildman–Crippen LogP) is 1.36. The number of aromatic nitrogens is 3. The number of carbonyl (C=O) groups is 1. The molecule has 2 saturated heterocycles. The fourth-order valence-corrected chi connectivity index (χ4v) is 3.56. The van der Waals surface area contributed by atoms with Crippen LogP contribution in [0.15, 0.2) is 42.9 Å². The highest BCUT2D eigenvalue weighted by Gasteiger charge is 2.45. The molecule has 0 saturated carbocycles. The molecule has 0 aromatic carbocycles. The van der Waals surface area contributed by atoms with Gasteiger partial charge < -0.3 is 9.80 Å². The molecule has 2 aromatic heterocycles. The molecule has 2 aliphatic rings. The Bertz CT molecular complexity index is 663. The van der Waals surface area contributed by atoms with Crippen molar-refractivity contribution < 1.29 is 4.79 Å². The third kappa shape index (κ3) is 2.11. The number of anilines is 1. The van der Waals surface area contributed by atoms with Crippen LogP contribution in [0.3, 0.4) is 0 Å². The number of nitrogens with zero attached hydrogens (tertiary/aromatic N) is 5. The maximum atomic E-state index is 12.6. The zero-order valence-electron chi connectivity index (χ0n) is 12.2. The normalized spacial score (nSPS) is 23.6. The Morgan fingerprint density at radius 2 is 1.73 bits per heavy atom. The molecule has 2 fully saturated rings. The number of fused-ring (bicyclic) bond motifs is 1. The standard InChI is InChI=1S/C16H17N5O/c22-15(12-4-1-2-7-17-12)20-10-5-14-13(20)6-11-21(14)16-18-8-3-9-19-16/h1-4,7-9,13-14H,5-6,10-11H2/t13-,14+/m0/s1. The van der Waals surface area contributed by atoms with Crippen molar-refractivity contribution in [2.24, 2.45) is 0 Å². The molecule has 0 radical (unpaired) electrons. The fourth-order valence-electron chi connectivity index (χ4n) is 3.56. The summed E-state index contributed by atoms with van der Waals surface area (Å²) in [6.45, 7) is 1.67. The van der Waals surface area contributed by atoms with E-state index in [4.69, 9.17) is 0 Å². The van der Waals surface area contributed by atoms with Gasteiger partial charge in [0.25, 0.3) is 5.91 Å². The maximum Gasteiger partial charge on any atom is 0.272 e. The number of likely N-dealkylation sites (tertiary alicyclic amines) is 1. The van der Waals surface area contributed by atoms with Crippen LogP contribution in [-0.4, -0.2) is 50.9 Å². The van der Waals surface area contributed by atoms with Gasteiger partial charge in [-0.1, -0.05) is 6.07 Å². The molecular formula is C16H17N5O. The third-order valence-electron chi connectivity index (χ3n) is 4.53. The van der Waals surface area contributed by atoms with Gasteiger partial charge in [-0.05, 0) is 31.0 Å². The van der Waals surface area contributed by atoms with Gasteiger partial charge in [-0.3, -0.25) is 9.78 Å². The SMILES string of the molecule is O=C(c1ccccn1)N1CC[C@@H]2[C@@H]1CCN2c1ncccn1. The van der Waals surface area contributed by atoms with Gasteiger partial charge in [0.2, 0.25) is 5.95 Å². The zero-order valence-corrected chi connectivity index (χ0v) is 12.2. The van der Waals surface area contributed by atoms with E-state index in [1.165, 1.54) is 0 Å². The van der Waals surface area contributed by atoms with Crippen LogP contribution < -0.4 is 4.90 Å². The molecular weight excluding hydrogens is 278 g/mol. The number of rotatable bonds is 2. The number of hydrogen-bond donors (Lipinski definition) is 0. The summed E-state index contributed by atoms with van der Waals surface area (Å²) >= 11 is 0. The fraction of sp³-hybridized carbons (Fsp3) is 0.375. The molecule has 0 N–H and O–H groups in total. The van der Waals surface area contributed by atoms with E-state index in [-0.39, 0.29) is 11.9 Å². The van der Waals surface area contributed by atoms with Crippen LogP contribution in [0.25, 0.3) is 0 Å². The summed E-state index contributed by atoms with van der Waals surface area (Å²) in [4.78, 5) is 29.7. The van der Waals surface area contributed by atoms with E-state index in [1.54, 1.807) is 24.7 Å². The van der Waals surface area contributed by atoms with E-state index in [0.29, 0.717) is 11.7 Å². The summed E-state index contributed by atoms with van der Waals surface area (Å²) < 4.78 is 0. The number of hydrogen-bond acceptors (Lipinski definition) is 5. The summed E-state index contributed by atoms with van der Waals surface area (Å²) in [6.07, 6.45) is 7.12. The summed E-state index contributed by atoms with van der Waals surface area (Å²) in [5.74, 6) is 0.797. The van der Waals surface area contributed by atoms with Crippen molar-refractivity contribution in [2.45, 2.75) is 24.9 Å². The van der Waals surface area contributed by atoms with Crippen LogP contribution in [0.1, 0.15) is 23.3 Å². The third-order valence-corrected chi connectivity index (χ3v) is 4.53. The van der Waals surface area contributed by atoms with Gasteiger partial charge in [0.15, 0.2) is 0 Å². The Hall–Kier alpha value is -2.50. The molecule has 6 nitrogen and oxygen atoms in total. The van der Waals surface area contributed by atoms with Crippen LogP contribution in [0, 0.1) is 0 Å². The molecule has 6 heteroatoms. The van der Waals surface area contributed by atoms with Crippen molar-refractivity contribution in [1.82, 2.24) is 19.9 Å². The lowest BCUT2D eigenvalue weighted by Gasteiger charge is -2.25. The molecule has 2 atom stereocenters. The Kier molecular flexibility index (Phi) is 3.21. The van der Waals surface area contributed by atoms with E-state index in [2.05, 4.69) is 19.9 Å². The first kappa shape index (κ1) is 13.2. The molecule has 0 spiro atoms. The Morgan fingerprint density at radius 1 is 0.955 bits per heavy atom. The van der Waals surface area contributed by atoms with Gasteiger partial charge in [0.05, 0.1) is 12.1 Å². The van der Waals surface area contributed by atoms with Crippen LogP contribution in [-0.2, 0) is 0 Å². The summed E-state index contributed by atoms with van der Waals surface area (Å²) in [5.41, 5.74) is 0.526. The number of pyridine rings is 1. The van der Waals surface area contributed by atoms with Crippen LogP contribution in [0.5, 0.6) is 0 Å². The molecule has 112 valence electrons. The average molecular weight is 295 g/mol. The van der Waals surface area contributed by atoms with E-state index < -0.39 is 0 Å². The molecule has 1 amide bonds. The maximum absolute atomic E-state index is 12.6. The molecule has 4 rings (SSSR count). The van der Waals surface area contributed by atoms with Crippen LogP contribution in [0.2, 0.25) is 0 Å². The molecule has 0 bridgehead atoms. The molecule has 2 aliphatic heterocycles. The van der Waals surface area contributed by atoms with Crippen LogP contribution in [0.4, 0.5) is 5.95 Å².